The molecule has 1 aliphatic heterocycles. The van der Waals surface area contributed by atoms with E-state index in [4.69, 9.17) is 4.43 Å². The van der Waals surface area contributed by atoms with Gasteiger partial charge in [-0.05, 0) is 31.9 Å². The molecule has 0 aromatic carbocycles. The molecule has 0 amide bonds. The van der Waals surface area contributed by atoms with Crippen LogP contribution in [0.2, 0.25) is 32.2 Å². The lowest BCUT2D eigenvalue weighted by atomic mass is 9.76. The average molecular weight is 245 g/mol. The van der Waals surface area contributed by atoms with Gasteiger partial charge >= 0.3 is 0 Å². The molecule has 1 atom stereocenters. The van der Waals surface area contributed by atoms with Crippen LogP contribution < -0.4 is 0 Å². The molecule has 0 spiro atoms. The van der Waals surface area contributed by atoms with Crippen molar-refractivity contribution < 1.29 is 4.43 Å². The van der Waals surface area contributed by atoms with Crippen molar-refractivity contribution in [2.45, 2.75) is 71.9 Å². The van der Waals surface area contributed by atoms with Crippen LogP contribution in [0.15, 0.2) is 0 Å². The highest BCUT2D eigenvalue weighted by atomic mass is 29.3. The van der Waals surface area contributed by atoms with Crippen molar-refractivity contribution in [1.82, 2.24) is 0 Å². The van der Waals surface area contributed by atoms with Crippen LogP contribution in [0, 0.1) is 5.41 Å². The summed E-state index contributed by atoms with van der Waals surface area (Å²) in [7, 11) is -2.49. The van der Waals surface area contributed by atoms with Crippen LogP contribution in [-0.2, 0) is 4.43 Å². The summed E-state index contributed by atoms with van der Waals surface area (Å²) >= 11 is 0. The van der Waals surface area contributed by atoms with Crippen molar-refractivity contribution >= 4 is 15.4 Å². The van der Waals surface area contributed by atoms with Gasteiger partial charge in [0, 0.05) is 0 Å². The topological polar surface area (TPSA) is 9.23 Å². The SMILES string of the molecule is CC(C)(C)C1(C)CC[Si](C)(C)[Si](C)(C)O1. The Morgan fingerprint density at radius 2 is 1.53 bits per heavy atom. The van der Waals surface area contributed by atoms with Crippen molar-refractivity contribution in [3.05, 3.63) is 0 Å². The summed E-state index contributed by atoms with van der Waals surface area (Å²) in [5.74, 6) is 0. The Morgan fingerprint density at radius 1 is 1.07 bits per heavy atom. The zero-order valence-corrected chi connectivity index (χ0v) is 13.8. The number of hydrogen-bond donors (Lipinski definition) is 0. The van der Waals surface area contributed by atoms with Gasteiger partial charge in [0.25, 0.3) is 0 Å². The molecule has 1 aliphatic rings. The van der Waals surface area contributed by atoms with E-state index in [1.54, 1.807) is 0 Å². The summed E-state index contributed by atoms with van der Waals surface area (Å²) in [5, 5.41) is 0. The molecule has 15 heavy (non-hydrogen) atoms. The van der Waals surface area contributed by atoms with E-state index >= 15 is 0 Å². The summed E-state index contributed by atoms with van der Waals surface area (Å²) < 4.78 is 6.64. The summed E-state index contributed by atoms with van der Waals surface area (Å²) in [6, 6.07) is 1.44. The van der Waals surface area contributed by atoms with Gasteiger partial charge in [0.2, 0.25) is 0 Å². The molecule has 0 aliphatic carbocycles. The van der Waals surface area contributed by atoms with E-state index in [2.05, 4.69) is 53.9 Å². The van der Waals surface area contributed by atoms with Gasteiger partial charge in [-0.2, -0.15) is 0 Å². The van der Waals surface area contributed by atoms with Crippen LogP contribution in [0.1, 0.15) is 34.1 Å². The van der Waals surface area contributed by atoms with E-state index in [0.29, 0.717) is 0 Å². The molecule has 1 heterocycles. The van der Waals surface area contributed by atoms with Crippen LogP contribution in [-0.4, -0.2) is 21.0 Å². The van der Waals surface area contributed by atoms with E-state index in [1.807, 2.05) is 0 Å². The molecule has 0 bridgehead atoms. The summed E-state index contributed by atoms with van der Waals surface area (Å²) in [6.07, 6.45) is 1.26. The highest BCUT2D eigenvalue weighted by molar-refractivity contribution is 7.38. The lowest BCUT2D eigenvalue weighted by Crippen LogP contribution is -2.67. The molecular formula is C12H28OSi2. The van der Waals surface area contributed by atoms with Gasteiger partial charge in [-0.1, -0.05) is 39.9 Å². The zero-order chi connectivity index (χ0) is 12.1. The molecule has 1 rings (SSSR count). The largest absolute Gasteiger partial charge is 0.414 e. The quantitative estimate of drug-likeness (QED) is 0.580. The van der Waals surface area contributed by atoms with Gasteiger partial charge in [0.15, 0.2) is 7.83 Å². The predicted molar refractivity (Wildman–Crippen MR) is 73.3 cm³/mol. The van der Waals surface area contributed by atoms with Crippen molar-refractivity contribution in [3.63, 3.8) is 0 Å². The van der Waals surface area contributed by atoms with Crippen molar-refractivity contribution in [2.24, 2.45) is 5.41 Å². The third-order valence-electron chi connectivity index (χ3n) is 4.92. The van der Waals surface area contributed by atoms with Gasteiger partial charge in [0.05, 0.1) is 13.2 Å². The van der Waals surface area contributed by atoms with E-state index in [9.17, 15) is 0 Å². The van der Waals surface area contributed by atoms with Crippen LogP contribution in [0.5, 0.6) is 0 Å². The van der Waals surface area contributed by atoms with Crippen molar-refractivity contribution in [2.75, 3.05) is 0 Å². The molecule has 1 unspecified atom stereocenters. The fraction of sp³-hybridized carbons (Fsp3) is 1.00. The Balaban J connectivity index is 2.97. The van der Waals surface area contributed by atoms with Gasteiger partial charge in [-0.25, -0.2) is 0 Å². The predicted octanol–water partition coefficient (Wildman–Crippen LogP) is 4.20. The average Bonchev–Trinajstić information content (AvgIpc) is 1.95. The first-order chi connectivity index (χ1) is 6.41. The lowest BCUT2D eigenvalue weighted by molar-refractivity contribution is -0.0293. The smallest absolute Gasteiger partial charge is 0.174 e. The fourth-order valence-electron chi connectivity index (χ4n) is 2.13. The molecule has 0 N–H and O–H groups in total. The van der Waals surface area contributed by atoms with Crippen LogP contribution in [0.4, 0.5) is 0 Å². The minimum Gasteiger partial charge on any atom is -0.414 e. The first kappa shape index (κ1) is 13.5. The second kappa shape index (κ2) is 3.44. The molecule has 1 fully saturated rings. The third-order valence-corrected chi connectivity index (χ3v) is 21.5. The van der Waals surface area contributed by atoms with E-state index in [0.717, 1.165) is 0 Å². The van der Waals surface area contributed by atoms with Crippen LogP contribution >= 0.6 is 0 Å². The Kier molecular flexibility index (Phi) is 3.09. The van der Waals surface area contributed by atoms with E-state index in [-0.39, 0.29) is 11.0 Å². The summed E-state index contributed by atoms with van der Waals surface area (Å²) in [5.41, 5.74) is 0.368. The first-order valence-electron chi connectivity index (χ1n) is 6.12. The first-order valence-corrected chi connectivity index (χ1v) is 13.2. The lowest BCUT2D eigenvalue weighted by Gasteiger charge is -2.55. The third kappa shape index (κ3) is 2.24. The number of hydrogen-bond acceptors (Lipinski definition) is 1. The maximum atomic E-state index is 6.64. The van der Waals surface area contributed by atoms with Gasteiger partial charge in [-0.3, -0.25) is 0 Å². The van der Waals surface area contributed by atoms with E-state index in [1.165, 1.54) is 12.5 Å². The van der Waals surface area contributed by atoms with Gasteiger partial charge in [-0.15, -0.1) is 0 Å². The van der Waals surface area contributed by atoms with Gasteiger partial charge in [0.1, 0.15) is 0 Å². The standard InChI is InChI=1S/C12H28OSi2/c1-11(2,3)12(4)9-10-14(5,6)15(7,8)13-12/h9-10H2,1-8H3. The molecule has 90 valence electrons. The van der Waals surface area contributed by atoms with Crippen LogP contribution in [0.25, 0.3) is 0 Å². The Hall–Kier alpha value is 0.394. The zero-order valence-electron chi connectivity index (χ0n) is 11.8. The maximum Gasteiger partial charge on any atom is 0.174 e. The monoisotopic (exact) mass is 244 g/mol. The minimum absolute atomic E-state index is 0.102. The molecule has 0 saturated carbocycles. The molecule has 0 radical (unpaired) electrons. The molecular weight excluding hydrogens is 216 g/mol. The summed E-state index contributed by atoms with van der Waals surface area (Å²) in [6.45, 7) is 19.2. The van der Waals surface area contributed by atoms with Crippen molar-refractivity contribution in [3.8, 4) is 0 Å². The Morgan fingerprint density at radius 3 is 1.87 bits per heavy atom. The number of rotatable bonds is 0. The Labute approximate surface area is 97.5 Å². The highest BCUT2D eigenvalue weighted by Gasteiger charge is 2.54. The normalized spacial score (nSPS) is 35.2. The van der Waals surface area contributed by atoms with Gasteiger partial charge < -0.3 is 4.43 Å². The van der Waals surface area contributed by atoms with E-state index < -0.39 is 15.4 Å². The molecule has 0 aromatic heterocycles. The highest BCUT2D eigenvalue weighted by Crippen LogP contribution is 2.46. The van der Waals surface area contributed by atoms with Crippen molar-refractivity contribution in [1.29, 1.82) is 0 Å². The second-order valence-electron chi connectivity index (χ2n) is 7.48. The van der Waals surface area contributed by atoms with Crippen LogP contribution in [0.3, 0.4) is 0 Å². The Bertz CT molecular complexity index is 253. The fourth-order valence-corrected chi connectivity index (χ4v) is 9.33. The minimum atomic E-state index is -1.42. The second-order valence-corrected chi connectivity index (χ2v) is 22.6. The molecule has 0 aromatic rings. The molecule has 3 heteroatoms. The molecule has 1 nitrogen and oxygen atoms in total. The molecule has 1 saturated heterocycles. The maximum absolute atomic E-state index is 6.64. The summed E-state index contributed by atoms with van der Waals surface area (Å²) in [4.78, 5) is 0.